The van der Waals surface area contributed by atoms with Crippen molar-refractivity contribution in [2.75, 3.05) is 13.7 Å². The molecular weight excluding hydrogens is 252 g/mol. The summed E-state index contributed by atoms with van der Waals surface area (Å²) in [5.41, 5.74) is 2.21. The molecule has 2 aromatic rings. The molecule has 0 atom stereocenters. The Morgan fingerprint density at radius 2 is 2.10 bits per heavy atom. The average Bonchev–Trinajstić information content (AvgIpc) is 3.14. The largest absolute Gasteiger partial charge is 0.439 e. The van der Waals surface area contributed by atoms with Gasteiger partial charge in [-0.05, 0) is 32.4 Å². The molecule has 1 aromatic carbocycles. The van der Waals surface area contributed by atoms with Gasteiger partial charge >= 0.3 is 0 Å². The fourth-order valence-electron chi connectivity index (χ4n) is 2.53. The van der Waals surface area contributed by atoms with E-state index in [0.717, 1.165) is 24.2 Å². The normalized spacial score (nSPS) is 16.6. The molecule has 4 nitrogen and oxygen atoms in total. The van der Waals surface area contributed by atoms with Crippen molar-refractivity contribution in [3.05, 3.63) is 41.9 Å². The fourth-order valence-corrected chi connectivity index (χ4v) is 2.53. The summed E-state index contributed by atoms with van der Waals surface area (Å²) < 4.78 is 5.85. The standard InChI is InChI=1S/C16H20N2O2/c1-12-5-3-4-6-13(12)14-9-17-15(20-14)10-18(2)16(11-19)7-8-16/h3-6,9,19H,7-8,10-11H2,1-2H3. The van der Waals surface area contributed by atoms with Gasteiger partial charge < -0.3 is 9.52 Å². The lowest BCUT2D eigenvalue weighted by Crippen LogP contribution is -2.36. The Kier molecular flexibility index (Phi) is 3.36. The molecule has 106 valence electrons. The summed E-state index contributed by atoms with van der Waals surface area (Å²) in [6, 6.07) is 8.12. The molecule has 1 fully saturated rings. The van der Waals surface area contributed by atoms with E-state index in [1.807, 2.05) is 25.2 Å². The number of likely N-dealkylation sites (N-methyl/N-ethyl adjacent to an activating group) is 1. The highest BCUT2D eigenvalue weighted by Crippen LogP contribution is 2.41. The minimum Gasteiger partial charge on any atom is -0.439 e. The van der Waals surface area contributed by atoms with Crippen molar-refractivity contribution in [2.45, 2.75) is 31.8 Å². The monoisotopic (exact) mass is 272 g/mol. The second-order valence-electron chi connectivity index (χ2n) is 5.67. The van der Waals surface area contributed by atoms with Crippen LogP contribution in [0.5, 0.6) is 0 Å². The highest BCUT2D eigenvalue weighted by atomic mass is 16.4. The molecule has 0 amide bonds. The number of oxazole rings is 1. The summed E-state index contributed by atoms with van der Waals surface area (Å²) in [5, 5.41) is 9.43. The van der Waals surface area contributed by atoms with Gasteiger partial charge in [-0.1, -0.05) is 24.3 Å². The third-order valence-corrected chi connectivity index (χ3v) is 4.27. The average molecular weight is 272 g/mol. The van der Waals surface area contributed by atoms with Crippen LogP contribution in [0.4, 0.5) is 0 Å². The van der Waals surface area contributed by atoms with Gasteiger partial charge in [0.2, 0.25) is 5.89 Å². The minimum atomic E-state index is -0.0443. The maximum Gasteiger partial charge on any atom is 0.209 e. The second kappa shape index (κ2) is 5.04. The number of hydrogen-bond donors (Lipinski definition) is 1. The van der Waals surface area contributed by atoms with Crippen LogP contribution >= 0.6 is 0 Å². The number of hydrogen-bond acceptors (Lipinski definition) is 4. The van der Waals surface area contributed by atoms with E-state index < -0.39 is 0 Å². The summed E-state index contributed by atoms with van der Waals surface area (Å²) >= 11 is 0. The van der Waals surface area contributed by atoms with Gasteiger partial charge in [-0.3, -0.25) is 4.90 Å². The maximum atomic E-state index is 9.43. The Bertz CT molecular complexity index is 602. The van der Waals surface area contributed by atoms with Crippen LogP contribution in [0.3, 0.4) is 0 Å². The van der Waals surface area contributed by atoms with Crippen molar-refractivity contribution in [1.82, 2.24) is 9.88 Å². The summed E-state index contributed by atoms with van der Waals surface area (Å²) in [4.78, 5) is 6.50. The molecule has 0 radical (unpaired) electrons. The number of aryl methyl sites for hydroxylation is 1. The summed E-state index contributed by atoms with van der Waals surface area (Å²) in [6.07, 6.45) is 3.88. The molecule has 0 saturated heterocycles. The predicted molar refractivity (Wildman–Crippen MR) is 77.2 cm³/mol. The van der Waals surface area contributed by atoms with Gasteiger partial charge in [-0.25, -0.2) is 4.98 Å². The van der Waals surface area contributed by atoms with Gasteiger partial charge in [0.15, 0.2) is 5.76 Å². The summed E-state index contributed by atoms with van der Waals surface area (Å²) in [7, 11) is 2.01. The molecule has 20 heavy (non-hydrogen) atoms. The zero-order valence-electron chi connectivity index (χ0n) is 12.0. The quantitative estimate of drug-likeness (QED) is 0.909. The number of benzene rings is 1. The summed E-state index contributed by atoms with van der Waals surface area (Å²) in [5.74, 6) is 1.51. The number of nitrogens with zero attached hydrogens (tertiary/aromatic N) is 2. The zero-order chi connectivity index (χ0) is 14.2. The Morgan fingerprint density at radius 1 is 1.35 bits per heavy atom. The summed E-state index contributed by atoms with van der Waals surface area (Å²) in [6.45, 7) is 2.90. The first kappa shape index (κ1) is 13.3. The first-order valence-corrected chi connectivity index (χ1v) is 6.97. The number of aromatic nitrogens is 1. The van der Waals surface area contributed by atoms with Crippen LogP contribution in [0.1, 0.15) is 24.3 Å². The van der Waals surface area contributed by atoms with E-state index in [1.54, 1.807) is 6.20 Å². The molecule has 0 aliphatic heterocycles. The van der Waals surface area contributed by atoms with E-state index in [1.165, 1.54) is 5.56 Å². The first-order valence-electron chi connectivity index (χ1n) is 6.97. The Labute approximate surface area is 119 Å². The number of aliphatic hydroxyl groups is 1. The molecule has 1 aromatic heterocycles. The lowest BCUT2D eigenvalue weighted by molar-refractivity contribution is 0.115. The van der Waals surface area contributed by atoms with Crippen LogP contribution in [0, 0.1) is 6.92 Å². The van der Waals surface area contributed by atoms with Gasteiger partial charge in [0.25, 0.3) is 0 Å². The van der Waals surface area contributed by atoms with Gasteiger partial charge in [0, 0.05) is 11.1 Å². The Morgan fingerprint density at radius 3 is 2.75 bits per heavy atom. The molecule has 3 rings (SSSR count). The molecule has 1 aliphatic carbocycles. The van der Waals surface area contributed by atoms with E-state index in [-0.39, 0.29) is 12.1 Å². The van der Waals surface area contributed by atoms with Crippen molar-refractivity contribution in [2.24, 2.45) is 0 Å². The van der Waals surface area contributed by atoms with E-state index >= 15 is 0 Å². The molecule has 0 spiro atoms. The van der Waals surface area contributed by atoms with Crippen LogP contribution in [0.25, 0.3) is 11.3 Å². The molecule has 1 N–H and O–H groups in total. The maximum absolute atomic E-state index is 9.43. The number of aliphatic hydroxyl groups excluding tert-OH is 1. The van der Waals surface area contributed by atoms with Crippen LogP contribution < -0.4 is 0 Å². The fraction of sp³-hybridized carbons (Fsp3) is 0.438. The van der Waals surface area contributed by atoms with Crippen LogP contribution in [-0.4, -0.2) is 34.2 Å². The van der Waals surface area contributed by atoms with E-state index in [2.05, 4.69) is 22.9 Å². The van der Waals surface area contributed by atoms with Crippen molar-refractivity contribution < 1.29 is 9.52 Å². The van der Waals surface area contributed by atoms with Crippen LogP contribution in [0.15, 0.2) is 34.9 Å². The van der Waals surface area contributed by atoms with Gasteiger partial charge in [0.05, 0.1) is 19.3 Å². The molecule has 4 heteroatoms. The molecule has 1 heterocycles. The highest BCUT2D eigenvalue weighted by Gasteiger charge is 2.46. The zero-order valence-corrected chi connectivity index (χ0v) is 12.0. The van der Waals surface area contributed by atoms with E-state index in [4.69, 9.17) is 4.42 Å². The third kappa shape index (κ3) is 2.37. The second-order valence-corrected chi connectivity index (χ2v) is 5.67. The van der Waals surface area contributed by atoms with Crippen LogP contribution in [0.2, 0.25) is 0 Å². The van der Waals surface area contributed by atoms with Crippen LogP contribution in [-0.2, 0) is 6.54 Å². The SMILES string of the molecule is Cc1ccccc1-c1cnc(CN(C)C2(CO)CC2)o1. The van der Waals surface area contributed by atoms with E-state index in [9.17, 15) is 5.11 Å². The van der Waals surface area contributed by atoms with E-state index in [0.29, 0.717) is 12.4 Å². The topological polar surface area (TPSA) is 49.5 Å². The molecule has 1 saturated carbocycles. The minimum absolute atomic E-state index is 0.0443. The first-order chi connectivity index (χ1) is 9.64. The molecule has 0 bridgehead atoms. The van der Waals surface area contributed by atoms with Gasteiger partial charge in [-0.15, -0.1) is 0 Å². The van der Waals surface area contributed by atoms with Crippen molar-refractivity contribution in [3.8, 4) is 11.3 Å². The predicted octanol–water partition coefficient (Wildman–Crippen LogP) is 2.61. The van der Waals surface area contributed by atoms with Crippen molar-refractivity contribution in [1.29, 1.82) is 0 Å². The number of rotatable bonds is 5. The molecule has 0 unspecified atom stereocenters. The van der Waals surface area contributed by atoms with Crippen molar-refractivity contribution in [3.63, 3.8) is 0 Å². The highest BCUT2D eigenvalue weighted by molar-refractivity contribution is 5.60. The lowest BCUT2D eigenvalue weighted by Gasteiger charge is -2.24. The Balaban J connectivity index is 1.76. The Hall–Kier alpha value is -1.65. The lowest BCUT2D eigenvalue weighted by atomic mass is 10.1. The van der Waals surface area contributed by atoms with Gasteiger partial charge in [0.1, 0.15) is 0 Å². The van der Waals surface area contributed by atoms with Crippen molar-refractivity contribution >= 4 is 0 Å². The third-order valence-electron chi connectivity index (χ3n) is 4.27. The molecule has 1 aliphatic rings. The smallest absolute Gasteiger partial charge is 0.209 e. The van der Waals surface area contributed by atoms with Gasteiger partial charge in [-0.2, -0.15) is 0 Å². The molecular formula is C16H20N2O2.